The Bertz CT molecular complexity index is 923. The van der Waals surface area contributed by atoms with Crippen molar-refractivity contribution < 1.29 is 24.5 Å². The summed E-state index contributed by atoms with van der Waals surface area (Å²) in [4.78, 5) is 21.6. The predicted molar refractivity (Wildman–Crippen MR) is 107 cm³/mol. The molecule has 0 unspecified atom stereocenters. The fourth-order valence-corrected chi connectivity index (χ4v) is 3.62. The van der Waals surface area contributed by atoms with Crippen LogP contribution in [0.25, 0.3) is 16.3 Å². The summed E-state index contributed by atoms with van der Waals surface area (Å²) in [5.41, 5.74) is 2.91. The first-order valence-electron chi connectivity index (χ1n) is 9.14. The van der Waals surface area contributed by atoms with Gasteiger partial charge in [0.1, 0.15) is 5.75 Å². The van der Waals surface area contributed by atoms with Crippen molar-refractivity contribution >= 4 is 28.3 Å². The number of carbonyl (C=O) groups is 2. The molecule has 6 heteroatoms. The first-order valence-corrected chi connectivity index (χ1v) is 9.14. The molecule has 1 saturated heterocycles. The number of hydrogen-bond donors (Lipinski definition) is 2. The minimum atomic E-state index is -1.26. The maximum atomic E-state index is 9.55. The highest BCUT2D eigenvalue weighted by atomic mass is 16.5. The highest BCUT2D eigenvalue weighted by Gasteiger charge is 2.27. The number of rotatable bonds is 4. The summed E-state index contributed by atoms with van der Waals surface area (Å²) in [6, 6.07) is 13.1. The number of carboxylic acid groups (broad SMARTS) is 2. The molecule has 5 rings (SSSR count). The highest BCUT2D eigenvalue weighted by molar-refractivity contribution is 5.89. The van der Waals surface area contributed by atoms with Crippen LogP contribution in [0.15, 0.2) is 54.8 Å². The van der Waals surface area contributed by atoms with E-state index in [0.29, 0.717) is 12.2 Å². The van der Waals surface area contributed by atoms with E-state index in [2.05, 4.69) is 41.4 Å². The number of methoxy groups -OCH3 is 1. The van der Waals surface area contributed by atoms with Gasteiger partial charge in [0, 0.05) is 31.4 Å². The van der Waals surface area contributed by atoms with Gasteiger partial charge in [-0.3, -0.25) is 0 Å². The Hall–Kier alpha value is -3.28. The van der Waals surface area contributed by atoms with E-state index >= 15 is 0 Å². The standard InChI is InChI=1S/C18H19NO.C4H4O4/c1-20-17-5-4-14-10-16(3-2-15(14)11-17)18-12-19-8-6-13(18)7-9-19;5-3(6)1-2-4(7)8/h2-5,10-13H,6-9H2,1H3;1-2H,(H,5,6)(H,7,8)/b;2-1+. The van der Waals surface area contributed by atoms with Crippen molar-refractivity contribution in [1.29, 1.82) is 0 Å². The minimum absolute atomic E-state index is 0.558. The zero-order chi connectivity index (χ0) is 20.1. The monoisotopic (exact) mass is 381 g/mol. The number of piperidine rings is 1. The molecule has 2 aromatic carbocycles. The van der Waals surface area contributed by atoms with Gasteiger partial charge >= 0.3 is 11.9 Å². The first kappa shape index (κ1) is 19.5. The van der Waals surface area contributed by atoms with Crippen LogP contribution in [0, 0.1) is 5.92 Å². The first-order chi connectivity index (χ1) is 13.5. The minimum Gasteiger partial charge on any atom is -0.497 e. The van der Waals surface area contributed by atoms with E-state index in [0.717, 1.165) is 11.7 Å². The summed E-state index contributed by atoms with van der Waals surface area (Å²) in [7, 11) is 1.72. The molecule has 0 aliphatic carbocycles. The lowest BCUT2D eigenvalue weighted by molar-refractivity contribution is -0.134. The summed E-state index contributed by atoms with van der Waals surface area (Å²) in [6.45, 7) is 2.47. The van der Waals surface area contributed by atoms with E-state index in [1.54, 1.807) is 7.11 Å². The smallest absolute Gasteiger partial charge is 0.328 e. The van der Waals surface area contributed by atoms with Gasteiger partial charge in [0.15, 0.2) is 0 Å². The maximum Gasteiger partial charge on any atom is 0.328 e. The molecule has 0 spiro atoms. The summed E-state index contributed by atoms with van der Waals surface area (Å²) >= 11 is 0. The molecule has 3 heterocycles. The Morgan fingerprint density at radius 3 is 2.14 bits per heavy atom. The van der Waals surface area contributed by atoms with Gasteiger partial charge in [-0.1, -0.05) is 18.2 Å². The van der Waals surface area contributed by atoms with Crippen LogP contribution in [0.5, 0.6) is 5.75 Å². The Balaban J connectivity index is 0.000000242. The fraction of sp³-hybridized carbons (Fsp3) is 0.273. The van der Waals surface area contributed by atoms with E-state index in [1.807, 2.05) is 6.07 Å². The summed E-state index contributed by atoms with van der Waals surface area (Å²) in [5.74, 6) is -0.831. The summed E-state index contributed by atoms with van der Waals surface area (Å²) in [5, 5.41) is 18.2. The molecule has 3 aliphatic heterocycles. The van der Waals surface area contributed by atoms with Crippen LogP contribution in [-0.4, -0.2) is 47.3 Å². The third kappa shape index (κ3) is 4.71. The molecule has 1 fully saturated rings. The molecular weight excluding hydrogens is 358 g/mol. The third-order valence-corrected chi connectivity index (χ3v) is 5.04. The quantitative estimate of drug-likeness (QED) is 0.787. The van der Waals surface area contributed by atoms with Crippen LogP contribution in [0.4, 0.5) is 0 Å². The molecule has 0 aromatic heterocycles. The Morgan fingerprint density at radius 1 is 1.00 bits per heavy atom. The molecule has 2 aromatic rings. The second-order valence-electron chi connectivity index (χ2n) is 6.83. The lowest BCUT2D eigenvalue weighted by Gasteiger charge is -2.39. The molecule has 2 bridgehead atoms. The van der Waals surface area contributed by atoms with Crippen LogP contribution in [-0.2, 0) is 9.59 Å². The van der Waals surface area contributed by atoms with E-state index in [4.69, 9.17) is 14.9 Å². The molecule has 0 radical (unpaired) electrons. The predicted octanol–water partition coefficient (Wildman–Crippen LogP) is 3.63. The number of benzene rings is 2. The Labute approximate surface area is 163 Å². The zero-order valence-electron chi connectivity index (χ0n) is 15.7. The topological polar surface area (TPSA) is 87.1 Å². The molecule has 0 saturated carbocycles. The number of ether oxygens (including phenoxy) is 1. The number of allylic oxidation sites excluding steroid dienone is 1. The zero-order valence-corrected chi connectivity index (χ0v) is 15.7. The van der Waals surface area contributed by atoms with Crippen molar-refractivity contribution in [2.75, 3.05) is 20.2 Å². The second-order valence-corrected chi connectivity index (χ2v) is 6.83. The average Bonchev–Trinajstić information content (AvgIpc) is 2.72. The van der Waals surface area contributed by atoms with Crippen molar-refractivity contribution in [3.63, 3.8) is 0 Å². The van der Waals surface area contributed by atoms with Crippen LogP contribution in [0.3, 0.4) is 0 Å². The number of carboxylic acids is 2. The van der Waals surface area contributed by atoms with E-state index in [1.165, 1.54) is 47.8 Å². The highest BCUT2D eigenvalue weighted by Crippen LogP contribution is 2.38. The largest absolute Gasteiger partial charge is 0.497 e. The van der Waals surface area contributed by atoms with Gasteiger partial charge in [0.05, 0.1) is 7.11 Å². The van der Waals surface area contributed by atoms with Crippen molar-refractivity contribution in [3.05, 3.63) is 60.3 Å². The van der Waals surface area contributed by atoms with Crippen molar-refractivity contribution in [2.24, 2.45) is 5.92 Å². The van der Waals surface area contributed by atoms with Gasteiger partial charge in [-0.2, -0.15) is 0 Å². The Kier molecular flexibility index (Phi) is 5.99. The number of fused-ring (bicyclic) bond motifs is 3. The van der Waals surface area contributed by atoms with Crippen molar-refractivity contribution in [1.82, 2.24) is 4.90 Å². The molecule has 2 N–H and O–H groups in total. The number of aliphatic carboxylic acids is 2. The van der Waals surface area contributed by atoms with Gasteiger partial charge < -0.3 is 19.8 Å². The molecule has 0 amide bonds. The van der Waals surface area contributed by atoms with Crippen LogP contribution >= 0.6 is 0 Å². The maximum absolute atomic E-state index is 9.55. The number of nitrogens with zero attached hydrogens (tertiary/aromatic N) is 1. The molecule has 0 atom stereocenters. The Morgan fingerprint density at radius 2 is 1.61 bits per heavy atom. The lowest BCUT2D eigenvalue weighted by atomic mass is 9.82. The molecule has 28 heavy (non-hydrogen) atoms. The summed E-state index contributed by atoms with van der Waals surface area (Å²) < 4.78 is 5.29. The van der Waals surface area contributed by atoms with Gasteiger partial charge in [0.25, 0.3) is 0 Å². The molecule has 146 valence electrons. The van der Waals surface area contributed by atoms with Gasteiger partial charge in [-0.25, -0.2) is 9.59 Å². The fourth-order valence-electron chi connectivity index (χ4n) is 3.62. The number of hydrogen-bond acceptors (Lipinski definition) is 4. The van der Waals surface area contributed by atoms with Crippen molar-refractivity contribution in [2.45, 2.75) is 12.8 Å². The van der Waals surface area contributed by atoms with Gasteiger partial charge in [-0.05, 0) is 58.9 Å². The molecular formula is C22H23NO5. The van der Waals surface area contributed by atoms with E-state index in [-0.39, 0.29) is 0 Å². The van der Waals surface area contributed by atoms with Gasteiger partial charge in [0.2, 0.25) is 0 Å². The van der Waals surface area contributed by atoms with Gasteiger partial charge in [-0.15, -0.1) is 0 Å². The molecule has 6 nitrogen and oxygen atoms in total. The average molecular weight is 381 g/mol. The van der Waals surface area contributed by atoms with Crippen LogP contribution in [0.1, 0.15) is 18.4 Å². The summed E-state index contributed by atoms with van der Waals surface area (Å²) in [6.07, 6.45) is 6.12. The normalized spacial score (nSPS) is 15.9. The molecule has 3 aliphatic rings. The second kappa shape index (κ2) is 8.61. The SMILES string of the molecule is COc1ccc2cc(C3=CN4CCC3CC4)ccc2c1.O=C(O)/C=C/C(=O)O. The van der Waals surface area contributed by atoms with Crippen LogP contribution in [0.2, 0.25) is 0 Å². The van der Waals surface area contributed by atoms with Crippen molar-refractivity contribution in [3.8, 4) is 5.75 Å². The lowest BCUT2D eigenvalue weighted by Crippen LogP contribution is -2.35. The van der Waals surface area contributed by atoms with Crippen LogP contribution < -0.4 is 4.74 Å². The van der Waals surface area contributed by atoms with E-state index in [9.17, 15) is 9.59 Å². The van der Waals surface area contributed by atoms with E-state index < -0.39 is 11.9 Å². The third-order valence-electron chi connectivity index (χ3n) is 5.04.